The molecule has 0 aliphatic carbocycles. The van der Waals surface area contributed by atoms with Crippen molar-refractivity contribution in [3.63, 3.8) is 0 Å². The van der Waals surface area contributed by atoms with Crippen LogP contribution in [-0.4, -0.2) is 15.7 Å². The molecular weight excluding hydrogens is 258 g/mol. The van der Waals surface area contributed by atoms with Crippen LogP contribution >= 0.6 is 11.3 Å². The molecule has 0 radical (unpaired) electrons. The quantitative estimate of drug-likeness (QED) is 0.913. The zero-order valence-corrected chi connectivity index (χ0v) is 12.4. The number of nitrogens with one attached hydrogen (secondary N) is 1. The summed E-state index contributed by atoms with van der Waals surface area (Å²) in [6, 6.07) is 1.83. The molecule has 0 aromatic carbocycles. The first-order valence-corrected chi connectivity index (χ1v) is 7.41. The maximum atomic E-state index is 11.9. The molecule has 2 aromatic heterocycles. The number of amides is 1. The molecule has 2 aromatic rings. The third-order valence-electron chi connectivity index (χ3n) is 3.18. The van der Waals surface area contributed by atoms with Gasteiger partial charge in [-0.2, -0.15) is 16.4 Å². The summed E-state index contributed by atoms with van der Waals surface area (Å²) in [5.74, 6) is -0.0247. The molecule has 0 aliphatic rings. The zero-order valence-electron chi connectivity index (χ0n) is 11.6. The lowest BCUT2D eigenvalue weighted by molar-refractivity contribution is 0.0951. The van der Waals surface area contributed by atoms with Crippen LogP contribution in [0.15, 0.2) is 16.8 Å². The van der Waals surface area contributed by atoms with Crippen molar-refractivity contribution in [2.75, 3.05) is 0 Å². The predicted molar refractivity (Wildman–Crippen MR) is 77.5 cm³/mol. The Labute approximate surface area is 117 Å². The maximum absolute atomic E-state index is 11.9. The summed E-state index contributed by atoms with van der Waals surface area (Å²) in [5, 5.41) is 11.2. The Morgan fingerprint density at radius 3 is 2.89 bits per heavy atom. The van der Waals surface area contributed by atoms with Gasteiger partial charge in [0.2, 0.25) is 0 Å². The molecule has 0 saturated carbocycles. The first-order valence-electron chi connectivity index (χ1n) is 6.46. The van der Waals surface area contributed by atoms with Crippen molar-refractivity contribution in [2.45, 2.75) is 40.3 Å². The van der Waals surface area contributed by atoms with Crippen LogP contribution in [0.1, 0.15) is 40.7 Å². The van der Waals surface area contributed by atoms with E-state index in [1.165, 1.54) is 11.3 Å². The number of aromatic nitrogens is 2. The second kappa shape index (κ2) is 6.02. The molecule has 0 unspecified atom stereocenters. The summed E-state index contributed by atoms with van der Waals surface area (Å²) in [6.07, 6.45) is 1.06. The van der Waals surface area contributed by atoms with Crippen molar-refractivity contribution in [3.05, 3.63) is 39.3 Å². The smallest absolute Gasteiger partial charge is 0.252 e. The standard InChI is InChI=1S/C14H19N3OS/c1-4-6-17-11(3)13(10(2)16-17)8-15-14(18)12-5-7-19-9-12/h5,7,9H,4,6,8H2,1-3H3,(H,15,18). The van der Waals surface area contributed by atoms with Gasteiger partial charge in [0, 0.05) is 35.3 Å². The minimum Gasteiger partial charge on any atom is -0.348 e. The van der Waals surface area contributed by atoms with Gasteiger partial charge in [-0.1, -0.05) is 6.92 Å². The van der Waals surface area contributed by atoms with Gasteiger partial charge < -0.3 is 5.32 Å². The predicted octanol–water partition coefficient (Wildman–Crippen LogP) is 2.90. The minimum atomic E-state index is -0.0247. The van der Waals surface area contributed by atoms with E-state index in [-0.39, 0.29) is 5.91 Å². The average molecular weight is 277 g/mol. The second-order valence-electron chi connectivity index (χ2n) is 4.57. The van der Waals surface area contributed by atoms with Crippen molar-refractivity contribution >= 4 is 17.2 Å². The van der Waals surface area contributed by atoms with Gasteiger partial charge in [0.05, 0.1) is 5.69 Å². The molecule has 0 fully saturated rings. The maximum Gasteiger partial charge on any atom is 0.252 e. The van der Waals surface area contributed by atoms with Crippen molar-refractivity contribution in [1.29, 1.82) is 0 Å². The van der Waals surface area contributed by atoms with Gasteiger partial charge in [-0.15, -0.1) is 0 Å². The van der Waals surface area contributed by atoms with E-state index in [9.17, 15) is 4.79 Å². The molecule has 19 heavy (non-hydrogen) atoms. The molecule has 2 rings (SSSR count). The van der Waals surface area contributed by atoms with Crippen molar-refractivity contribution < 1.29 is 4.79 Å². The van der Waals surface area contributed by atoms with Gasteiger partial charge in [0.1, 0.15) is 0 Å². The fourth-order valence-electron chi connectivity index (χ4n) is 2.08. The Bertz CT molecular complexity index is 558. The highest BCUT2D eigenvalue weighted by atomic mass is 32.1. The number of aryl methyl sites for hydroxylation is 2. The molecular formula is C14H19N3OS. The minimum absolute atomic E-state index is 0.0247. The Balaban J connectivity index is 2.05. The number of nitrogens with zero attached hydrogens (tertiary/aromatic N) is 2. The van der Waals surface area contributed by atoms with E-state index in [2.05, 4.69) is 24.3 Å². The molecule has 4 nitrogen and oxygen atoms in total. The van der Waals surface area contributed by atoms with E-state index >= 15 is 0 Å². The van der Waals surface area contributed by atoms with Crippen molar-refractivity contribution in [3.8, 4) is 0 Å². The lowest BCUT2D eigenvalue weighted by Crippen LogP contribution is -2.22. The summed E-state index contributed by atoms with van der Waals surface area (Å²) in [4.78, 5) is 11.9. The Morgan fingerprint density at radius 2 is 2.26 bits per heavy atom. The van der Waals surface area contributed by atoms with Gasteiger partial charge in [-0.3, -0.25) is 9.48 Å². The van der Waals surface area contributed by atoms with Gasteiger partial charge in [-0.05, 0) is 31.7 Å². The normalized spacial score (nSPS) is 10.7. The molecule has 0 bridgehead atoms. The van der Waals surface area contributed by atoms with E-state index < -0.39 is 0 Å². The molecule has 1 N–H and O–H groups in total. The summed E-state index contributed by atoms with van der Waals surface area (Å²) in [5.41, 5.74) is 3.99. The van der Waals surface area contributed by atoms with Crippen molar-refractivity contribution in [2.24, 2.45) is 0 Å². The van der Waals surface area contributed by atoms with Crippen LogP contribution in [0.2, 0.25) is 0 Å². The number of thiophene rings is 1. The Kier molecular flexibility index (Phi) is 4.37. The molecule has 2 heterocycles. The van der Waals surface area contributed by atoms with E-state index in [0.29, 0.717) is 6.54 Å². The number of carbonyl (C=O) groups is 1. The number of rotatable bonds is 5. The van der Waals surface area contributed by atoms with Gasteiger partial charge in [0.25, 0.3) is 5.91 Å². The average Bonchev–Trinajstić information content (AvgIpc) is 2.99. The van der Waals surface area contributed by atoms with Gasteiger partial charge >= 0.3 is 0 Å². The summed E-state index contributed by atoms with van der Waals surface area (Å²) < 4.78 is 2.02. The third kappa shape index (κ3) is 3.04. The van der Waals surface area contributed by atoms with Crippen LogP contribution in [0.4, 0.5) is 0 Å². The highest BCUT2D eigenvalue weighted by molar-refractivity contribution is 7.08. The van der Waals surface area contributed by atoms with Crippen LogP contribution in [0.5, 0.6) is 0 Å². The van der Waals surface area contributed by atoms with E-state index in [4.69, 9.17) is 0 Å². The molecule has 102 valence electrons. The zero-order chi connectivity index (χ0) is 13.8. The third-order valence-corrected chi connectivity index (χ3v) is 3.86. The lowest BCUT2D eigenvalue weighted by atomic mass is 10.2. The van der Waals surface area contributed by atoms with E-state index in [0.717, 1.165) is 35.5 Å². The van der Waals surface area contributed by atoms with Crippen LogP contribution in [-0.2, 0) is 13.1 Å². The summed E-state index contributed by atoms with van der Waals surface area (Å²) in [7, 11) is 0. The fourth-order valence-corrected chi connectivity index (χ4v) is 2.72. The first-order chi connectivity index (χ1) is 9.13. The van der Waals surface area contributed by atoms with Crippen LogP contribution in [0.3, 0.4) is 0 Å². The SMILES string of the molecule is CCCn1nc(C)c(CNC(=O)c2ccsc2)c1C. The second-order valence-corrected chi connectivity index (χ2v) is 5.35. The topological polar surface area (TPSA) is 46.9 Å². The largest absolute Gasteiger partial charge is 0.348 e. The highest BCUT2D eigenvalue weighted by Gasteiger charge is 2.12. The van der Waals surface area contributed by atoms with Crippen LogP contribution < -0.4 is 5.32 Å². The lowest BCUT2D eigenvalue weighted by Gasteiger charge is -2.05. The van der Waals surface area contributed by atoms with Crippen LogP contribution in [0.25, 0.3) is 0 Å². The molecule has 5 heteroatoms. The van der Waals surface area contributed by atoms with E-state index in [1.807, 2.05) is 28.4 Å². The highest BCUT2D eigenvalue weighted by Crippen LogP contribution is 2.14. The summed E-state index contributed by atoms with van der Waals surface area (Å²) in [6.45, 7) is 7.64. The van der Waals surface area contributed by atoms with Gasteiger partial charge in [-0.25, -0.2) is 0 Å². The van der Waals surface area contributed by atoms with Crippen molar-refractivity contribution in [1.82, 2.24) is 15.1 Å². The molecule has 0 aliphatic heterocycles. The molecule has 1 amide bonds. The Morgan fingerprint density at radius 1 is 1.47 bits per heavy atom. The fraction of sp³-hybridized carbons (Fsp3) is 0.429. The Hall–Kier alpha value is -1.62. The number of carbonyl (C=O) groups excluding carboxylic acids is 1. The van der Waals surface area contributed by atoms with Gasteiger partial charge in [0.15, 0.2) is 0 Å². The number of hydrogen-bond acceptors (Lipinski definition) is 3. The summed E-state index contributed by atoms with van der Waals surface area (Å²) >= 11 is 1.53. The molecule has 0 spiro atoms. The molecule has 0 atom stereocenters. The van der Waals surface area contributed by atoms with Crippen LogP contribution in [0, 0.1) is 13.8 Å². The molecule has 0 saturated heterocycles. The first kappa shape index (κ1) is 13.8. The van der Waals surface area contributed by atoms with E-state index in [1.54, 1.807) is 0 Å². The number of hydrogen-bond donors (Lipinski definition) is 1. The monoisotopic (exact) mass is 277 g/mol.